The Labute approximate surface area is 192 Å². The highest BCUT2D eigenvalue weighted by Gasteiger charge is 2.25. The van der Waals surface area contributed by atoms with E-state index in [1.807, 2.05) is 18.2 Å². The van der Waals surface area contributed by atoms with Crippen LogP contribution in [0.2, 0.25) is 0 Å². The Kier molecular flexibility index (Phi) is 9.68. The number of halogens is 1. The minimum absolute atomic E-state index is 0. The largest absolute Gasteiger partial charge is 0.356 e. The highest BCUT2D eigenvalue weighted by molar-refractivity contribution is 14.0. The number of anilines is 1. The fraction of sp³-hybridized carbons (Fsp3) is 0.636. The number of benzene rings is 1. The first-order valence-electron chi connectivity index (χ1n) is 10.6. The zero-order valence-corrected chi connectivity index (χ0v) is 20.2. The van der Waals surface area contributed by atoms with Crippen molar-refractivity contribution in [3.8, 4) is 0 Å². The number of hydrogen-bond donors (Lipinski definition) is 3. The number of nitrogens with zero attached hydrogens (tertiary/aromatic N) is 2. The van der Waals surface area contributed by atoms with Gasteiger partial charge in [0.2, 0.25) is 5.91 Å². The zero-order chi connectivity index (χ0) is 19.9. The molecule has 1 aromatic rings. The van der Waals surface area contributed by atoms with E-state index in [0.29, 0.717) is 13.0 Å². The van der Waals surface area contributed by atoms with Crippen LogP contribution in [0.5, 0.6) is 0 Å². The topological polar surface area (TPSA) is 68.8 Å². The third kappa shape index (κ3) is 7.13. The lowest BCUT2D eigenvalue weighted by Crippen LogP contribution is -2.43. The van der Waals surface area contributed by atoms with Crippen LogP contribution in [0.1, 0.15) is 44.6 Å². The number of carbonyl (C=O) groups excluding carboxylic acids is 1. The summed E-state index contributed by atoms with van der Waals surface area (Å²) in [4.78, 5) is 18.9. The average molecular weight is 513 g/mol. The van der Waals surface area contributed by atoms with Gasteiger partial charge in [0.1, 0.15) is 0 Å². The van der Waals surface area contributed by atoms with E-state index >= 15 is 0 Å². The molecule has 29 heavy (non-hydrogen) atoms. The third-order valence-electron chi connectivity index (χ3n) is 5.73. The number of likely N-dealkylation sites (tertiary alicyclic amines) is 1. The molecule has 7 heteroatoms. The fourth-order valence-corrected chi connectivity index (χ4v) is 4.61. The van der Waals surface area contributed by atoms with Gasteiger partial charge in [0.25, 0.3) is 0 Å². The van der Waals surface area contributed by atoms with Crippen LogP contribution >= 0.6 is 24.0 Å². The molecule has 2 aliphatic rings. The summed E-state index contributed by atoms with van der Waals surface area (Å²) in [6.45, 7) is 9.90. The Bertz CT molecular complexity index is 686. The van der Waals surface area contributed by atoms with Gasteiger partial charge in [-0.3, -0.25) is 9.79 Å². The summed E-state index contributed by atoms with van der Waals surface area (Å²) in [6, 6.07) is 8.05. The molecule has 3 atom stereocenters. The summed E-state index contributed by atoms with van der Waals surface area (Å²) in [7, 11) is 1.80. The lowest BCUT2D eigenvalue weighted by molar-refractivity contribution is -0.116. The molecule has 3 rings (SSSR count). The Morgan fingerprint density at radius 3 is 2.66 bits per heavy atom. The van der Waals surface area contributed by atoms with Crippen molar-refractivity contribution in [3.63, 3.8) is 0 Å². The second-order valence-electron chi connectivity index (χ2n) is 8.48. The third-order valence-corrected chi connectivity index (χ3v) is 5.73. The number of para-hydroxylation sites is 1. The summed E-state index contributed by atoms with van der Waals surface area (Å²) >= 11 is 0. The molecule has 3 N–H and O–H groups in total. The molecule has 1 saturated heterocycles. The quantitative estimate of drug-likeness (QED) is 0.237. The summed E-state index contributed by atoms with van der Waals surface area (Å²) < 4.78 is 0. The van der Waals surface area contributed by atoms with Crippen molar-refractivity contribution in [3.05, 3.63) is 29.8 Å². The molecule has 1 amide bonds. The smallest absolute Gasteiger partial charge is 0.225 e. The standard InChI is InChI=1S/C22H35N5O.HI/c1-16-11-17(2)15-27(14-16)10-6-9-24-22(23-3)25-13-18-12-21(28)26-20-8-5-4-7-19(18)20;/h4-5,7-8,16-18H,6,9-15H2,1-3H3,(H,26,28)(H2,23,24,25);1H. The molecule has 0 bridgehead atoms. The van der Waals surface area contributed by atoms with Gasteiger partial charge in [0.15, 0.2) is 5.96 Å². The van der Waals surface area contributed by atoms with E-state index in [2.05, 4.69) is 45.8 Å². The first kappa shape index (κ1) is 23.9. The predicted molar refractivity (Wildman–Crippen MR) is 131 cm³/mol. The number of carbonyl (C=O) groups is 1. The zero-order valence-electron chi connectivity index (χ0n) is 17.9. The van der Waals surface area contributed by atoms with E-state index in [0.717, 1.165) is 43.0 Å². The summed E-state index contributed by atoms with van der Waals surface area (Å²) in [5, 5.41) is 9.77. The Balaban J connectivity index is 0.00000300. The van der Waals surface area contributed by atoms with Crippen LogP contribution in [0.25, 0.3) is 0 Å². The van der Waals surface area contributed by atoms with Gasteiger partial charge in [-0.25, -0.2) is 0 Å². The number of fused-ring (bicyclic) bond motifs is 1. The van der Waals surface area contributed by atoms with Crippen LogP contribution < -0.4 is 16.0 Å². The van der Waals surface area contributed by atoms with Gasteiger partial charge in [-0.2, -0.15) is 0 Å². The van der Waals surface area contributed by atoms with Gasteiger partial charge < -0.3 is 20.9 Å². The minimum atomic E-state index is 0. The summed E-state index contributed by atoms with van der Waals surface area (Å²) in [5.41, 5.74) is 2.12. The maximum atomic E-state index is 12.0. The second-order valence-corrected chi connectivity index (χ2v) is 8.48. The van der Waals surface area contributed by atoms with Crippen molar-refractivity contribution >= 4 is 41.5 Å². The molecule has 0 aromatic heterocycles. The number of amides is 1. The first-order chi connectivity index (χ1) is 13.5. The Morgan fingerprint density at radius 2 is 1.93 bits per heavy atom. The number of piperidine rings is 1. The van der Waals surface area contributed by atoms with Crippen molar-refractivity contribution in [2.24, 2.45) is 16.8 Å². The van der Waals surface area contributed by atoms with Crippen molar-refractivity contribution < 1.29 is 4.79 Å². The van der Waals surface area contributed by atoms with E-state index in [4.69, 9.17) is 0 Å². The predicted octanol–water partition coefficient (Wildman–Crippen LogP) is 3.26. The molecule has 1 aromatic carbocycles. The molecule has 2 heterocycles. The molecule has 2 aliphatic heterocycles. The molecular weight excluding hydrogens is 477 g/mol. The van der Waals surface area contributed by atoms with Gasteiger partial charge >= 0.3 is 0 Å². The maximum Gasteiger partial charge on any atom is 0.225 e. The second kappa shape index (κ2) is 11.7. The van der Waals surface area contributed by atoms with E-state index < -0.39 is 0 Å². The summed E-state index contributed by atoms with van der Waals surface area (Å²) in [6.07, 6.45) is 2.97. The van der Waals surface area contributed by atoms with Crippen LogP contribution in [0.3, 0.4) is 0 Å². The van der Waals surface area contributed by atoms with Crippen LogP contribution in [0.4, 0.5) is 5.69 Å². The highest BCUT2D eigenvalue weighted by Crippen LogP contribution is 2.31. The number of rotatable bonds is 6. The molecule has 0 aliphatic carbocycles. The van der Waals surface area contributed by atoms with Gasteiger partial charge in [0, 0.05) is 51.3 Å². The molecule has 0 saturated carbocycles. The Hall–Kier alpha value is -1.35. The number of nitrogens with one attached hydrogen (secondary N) is 3. The molecule has 162 valence electrons. The highest BCUT2D eigenvalue weighted by atomic mass is 127. The average Bonchev–Trinajstić information content (AvgIpc) is 2.66. The molecule has 6 nitrogen and oxygen atoms in total. The maximum absolute atomic E-state index is 12.0. The normalized spacial score (nSPS) is 24.9. The lowest BCUT2D eigenvalue weighted by Gasteiger charge is -2.35. The van der Waals surface area contributed by atoms with Gasteiger partial charge in [-0.15, -0.1) is 24.0 Å². The minimum Gasteiger partial charge on any atom is -0.356 e. The number of aliphatic imine (C=N–C) groups is 1. The number of guanidine groups is 1. The van der Waals surface area contributed by atoms with Crippen molar-refractivity contribution in [1.29, 1.82) is 0 Å². The van der Waals surface area contributed by atoms with Gasteiger partial charge in [-0.05, 0) is 42.9 Å². The van der Waals surface area contributed by atoms with Crippen molar-refractivity contribution in [2.45, 2.75) is 39.0 Å². The van der Waals surface area contributed by atoms with E-state index in [-0.39, 0.29) is 35.8 Å². The molecular formula is C22H36IN5O. The van der Waals surface area contributed by atoms with Gasteiger partial charge in [0.05, 0.1) is 0 Å². The molecule has 0 radical (unpaired) electrons. The van der Waals surface area contributed by atoms with Crippen LogP contribution in [-0.4, -0.2) is 56.5 Å². The lowest BCUT2D eigenvalue weighted by atomic mass is 9.90. The molecule has 0 spiro atoms. The van der Waals surface area contributed by atoms with E-state index in [9.17, 15) is 4.79 Å². The van der Waals surface area contributed by atoms with E-state index in [1.54, 1.807) is 7.05 Å². The monoisotopic (exact) mass is 513 g/mol. The van der Waals surface area contributed by atoms with E-state index in [1.165, 1.54) is 25.1 Å². The van der Waals surface area contributed by atoms with Crippen molar-refractivity contribution in [2.75, 3.05) is 45.1 Å². The molecule has 3 unspecified atom stereocenters. The van der Waals surface area contributed by atoms with Gasteiger partial charge in [-0.1, -0.05) is 32.0 Å². The number of hydrogen-bond acceptors (Lipinski definition) is 3. The van der Waals surface area contributed by atoms with Crippen LogP contribution in [0.15, 0.2) is 29.3 Å². The Morgan fingerprint density at radius 1 is 1.21 bits per heavy atom. The summed E-state index contributed by atoms with van der Waals surface area (Å²) in [5.74, 6) is 2.67. The van der Waals surface area contributed by atoms with Crippen LogP contribution in [0, 0.1) is 11.8 Å². The SMILES string of the molecule is CN=C(NCCCN1CC(C)CC(C)C1)NCC1CC(=O)Nc2ccccc21.I. The molecule has 1 fully saturated rings. The fourth-order valence-electron chi connectivity index (χ4n) is 4.61. The van der Waals surface area contributed by atoms with Crippen molar-refractivity contribution in [1.82, 2.24) is 15.5 Å². The van der Waals surface area contributed by atoms with Crippen LogP contribution in [-0.2, 0) is 4.79 Å². The first-order valence-corrected chi connectivity index (χ1v) is 10.6.